The van der Waals surface area contributed by atoms with Gasteiger partial charge in [0.25, 0.3) is 0 Å². The fourth-order valence-corrected chi connectivity index (χ4v) is 2.73. The maximum atomic E-state index is 12.5. The number of halogens is 1. The van der Waals surface area contributed by atoms with Gasteiger partial charge in [0, 0.05) is 17.1 Å². The number of carbonyl (C=O) groups is 1. The Morgan fingerprint density at radius 2 is 2.00 bits per heavy atom. The van der Waals surface area contributed by atoms with Gasteiger partial charge in [0.2, 0.25) is 5.91 Å². The Balaban J connectivity index is 2.09. The average molecular weight is 325 g/mol. The number of amides is 1. The Bertz CT molecular complexity index is 440. The van der Waals surface area contributed by atoms with Crippen LogP contribution in [0.25, 0.3) is 0 Å². The van der Waals surface area contributed by atoms with E-state index in [2.05, 4.69) is 45.6 Å². The summed E-state index contributed by atoms with van der Waals surface area (Å²) in [5, 5.41) is 6.21. The Morgan fingerprint density at radius 1 is 1.37 bits per heavy atom. The molecular weight excluding hydrogens is 304 g/mol. The lowest BCUT2D eigenvalue weighted by molar-refractivity contribution is -0.130. The summed E-state index contributed by atoms with van der Waals surface area (Å²) in [7, 11) is 1.91. The summed E-state index contributed by atoms with van der Waals surface area (Å²) in [5.41, 5.74) is 0.838. The zero-order chi connectivity index (χ0) is 13.9. The molecule has 0 heterocycles. The van der Waals surface area contributed by atoms with Crippen LogP contribution in [0.5, 0.6) is 0 Å². The molecule has 1 saturated carbocycles. The van der Waals surface area contributed by atoms with Gasteiger partial charge in [0.15, 0.2) is 0 Å². The highest BCUT2D eigenvalue weighted by molar-refractivity contribution is 9.10. The van der Waals surface area contributed by atoms with E-state index in [1.807, 2.05) is 19.2 Å². The monoisotopic (exact) mass is 324 g/mol. The van der Waals surface area contributed by atoms with E-state index in [0.717, 1.165) is 29.3 Å². The van der Waals surface area contributed by atoms with Gasteiger partial charge in [0.1, 0.15) is 0 Å². The standard InChI is InChI=1S/C15H21BrN2O/c1-11(17-2)10-18-14(19)15(8-3-9-15)12-4-6-13(16)7-5-12/h4-7,11,17H,3,8-10H2,1-2H3,(H,18,19). The molecule has 1 aromatic rings. The first kappa shape index (κ1) is 14.5. The van der Waals surface area contributed by atoms with Gasteiger partial charge < -0.3 is 10.6 Å². The van der Waals surface area contributed by atoms with Gasteiger partial charge in [0.05, 0.1) is 5.41 Å². The van der Waals surface area contributed by atoms with Crippen LogP contribution in [-0.4, -0.2) is 25.5 Å². The molecule has 0 spiro atoms. The summed E-state index contributed by atoms with van der Waals surface area (Å²) in [6.45, 7) is 2.74. The second kappa shape index (κ2) is 6.06. The maximum Gasteiger partial charge on any atom is 0.230 e. The van der Waals surface area contributed by atoms with Crippen molar-refractivity contribution in [1.29, 1.82) is 0 Å². The zero-order valence-corrected chi connectivity index (χ0v) is 13.1. The van der Waals surface area contributed by atoms with Crippen LogP contribution in [0.2, 0.25) is 0 Å². The maximum absolute atomic E-state index is 12.5. The first-order valence-corrected chi connectivity index (χ1v) is 7.59. The largest absolute Gasteiger partial charge is 0.354 e. The molecule has 0 radical (unpaired) electrons. The van der Waals surface area contributed by atoms with E-state index in [0.29, 0.717) is 12.6 Å². The van der Waals surface area contributed by atoms with Gasteiger partial charge >= 0.3 is 0 Å². The van der Waals surface area contributed by atoms with Crippen LogP contribution < -0.4 is 10.6 Å². The fourth-order valence-electron chi connectivity index (χ4n) is 2.46. The minimum atomic E-state index is -0.297. The van der Waals surface area contributed by atoms with Crippen molar-refractivity contribution in [3.8, 4) is 0 Å². The summed E-state index contributed by atoms with van der Waals surface area (Å²) in [5.74, 6) is 0.170. The third-order valence-electron chi connectivity index (χ3n) is 4.10. The van der Waals surface area contributed by atoms with Crippen molar-refractivity contribution in [2.75, 3.05) is 13.6 Å². The molecule has 3 nitrogen and oxygen atoms in total. The second-order valence-corrected chi connectivity index (χ2v) is 6.26. The van der Waals surface area contributed by atoms with Gasteiger partial charge in [-0.25, -0.2) is 0 Å². The molecule has 1 atom stereocenters. The molecule has 1 unspecified atom stereocenters. The van der Waals surface area contributed by atoms with Crippen LogP contribution >= 0.6 is 15.9 Å². The molecule has 1 fully saturated rings. The van der Waals surface area contributed by atoms with Gasteiger partial charge in [-0.05, 0) is 44.5 Å². The van der Waals surface area contributed by atoms with E-state index in [-0.39, 0.29) is 11.3 Å². The fraction of sp³-hybridized carbons (Fsp3) is 0.533. The predicted octanol–water partition coefficient (Wildman–Crippen LogP) is 2.59. The molecule has 1 amide bonds. The topological polar surface area (TPSA) is 41.1 Å². The summed E-state index contributed by atoms with van der Waals surface area (Å²) in [6, 6.07) is 8.44. The highest BCUT2D eigenvalue weighted by Crippen LogP contribution is 2.44. The molecule has 0 aromatic heterocycles. The number of carbonyl (C=O) groups excluding carboxylic acids is 1. The number of benzene rings is 1. The van der Waals surface area contributed by atoms with Crippen molar-refractivity contribution in [3.05, 3.63) is 34.3 Å². The predicted molar refractivity (Wildman–Crippen MR) is 81.2 cm³/mol. The molecule has 4 heteroatoms. The van der Waals surface area contributed by atoms with Crippen molar-refractivity contribution >= 4 is 21.8 Å². The Morgan fingerprint density at radius 3 is 2.47 bits per heavy atom. The number of likely N-dealkylation sites (N-methyl/N-ethyl adjacent to an activating group) is 1. The lowest BCUT2D eigenvalue weighted by atomic mass is 9.64. The van der Waals surface area contributed by atoms with Crippen LogP contribution in [-0.2, 0) is 10.2 Å². The van der Waals surface area contributed by atoms with Gasteiger partial charge in [-0.2, -0.15) is 0 Å². The highest BCUT2D eigenvalue weighted by atomic mass is 79.9. The van der Waals surface area contributed by atoms with E-state index in [9.17, 15) is 4.79 Å². The zero-order valence-electron chi connectivity index (χ0n) is 11.5. The molecule has 0 aliphatic heterocycles. The molecule has 1 aliphatic carbocycles. The third-order valence-corrected chi connectivity index (χ3v) is 4.63. The van der Waals surface area contributed by atoms with Crippen LogP contribution in [0.1, 0.15) is 31.7 Å². The van der Waals surface area contributed by atoms with E-state index >= 15 is 0 Å². The first-order chi connectivity index (χ1) is 9.08. The van der Waals surface area contributed by atoms with Crippen LogP contribution in [0.3, 0.4) is 0 Å². The van der Waals surface area contributed by atoms with E-state index < -0.39 is 0 Å². The molecule has 1 aliphatic rings. The molecule has 2 N–H and O–H groups in total. The second-order valence-electron chi connectivity index (χ2n) is 5.34. The quantitative estimate of drug-likeness (QED) is 0.874. The van der Waals surface area contributed by atoms with Crippen molar-refractivity contribution in [3.63, 3.8) is 0 Å². The molecule has 104 valence electrons. The molecule has 2 rings (SSSR count). The Kier molecular flexibility index (Phi) is 4.63. The van der Waals surface area contributed by atoms with Gasteiger partial charge in [-0.1, -0.05) is 34.5 Å². The molecule has 0 saturated heterocycles. The average Bonchev–Trinajstić information content (AvgIpc) is 2.36. The lowest BCUT2D eigenvalue weighted by Gasteiger charge is -2.41. The highest BCUT2D eigenvalue weighted by Gasteiger charge is 2.45. The number of rotatable bonds is 5. The molecule has 19 heavy (non-hydrogen) atoms. The molecule has 0 bridgehead atoms. The van der Waals surface area contributed by atoms with Crippen LogP contribution in [0.15, 0.2) is 28.7 Å². The molecular formula is C15H21BrN2O. The number of hydrogen-bond donors (Lipinski definition) is 2. The molecule has 1 aromatic carbocycles. The van der Waals surface area contributed by atoms with Crippen molar-refractivity contribution < 1.29 is 4.79 Å². The van der Waals surface area contributed by atoms with Crippen LogP contribution in [0, 0.1) is 0 Å². The van der Waals surface area contributed by atoms with Crippen molar-refractivity contribution in [2.24, 2.45) is 0 Å². The minimum Gasteiger partial charge on any atom is -0.354 e. The van der Waals surface area contributed by atoms with E-state index in [1.54, 1.807) is 0 Å². The van der Waals surface area contributed by atoms with E-state index in [1.165, 1.54) is 0 Å². The van der Waals surface area contributed by atoms with E-state index in [4.69, 9.17) is 0 Å². The normalized spacial score (nSPS) is 18.5. The summed E-state index contributed by atoms with van der Waals surface area (Å²) in [6.07, 6.45) is 3.04. The Hall–Kier alpha value is -0.870. The van der Waals surface area contributed by atoms with Gasteiger partial charge in [-0.15, -0.1) is 0 Å². The van der Waals surface area contributed by atoms with Crippen molar-refractivity contribution in [2.45, 2.75) is 37.6 Å². The third kappa shape index (κ3) is 3.00. The Labute approximate surface area is 123 Å². The summed E-state index contributed by atoms with van der Waals surface area (Å²) >= 11 is 3.44. The SMILES string of the molecule is CNC(C)CNC(=O)C1(c2ccc(Br)cc2)CCC1. The minimum absolute atomic E-state index is 0.170. The van der Waals surface area contributed by atoms with Crippen LogP contribution in [0.4, 0.5) is 0 Å². The number of hydrogen-bond acceptors (Lipinski definition) is 2. The lowest BCUT2D eigenvalue weighted by Crippen LogP contribution is -2.51. The summed E-state index contributed by atoms with van der Waals surface area (Å²) < 4.78 is 1.05. The van der Waals surface area contributed by atoms with Gasteiger partial charge in [-0.3, -0.25) is 4.79 Å². The smallest absolute Gasteiger partial charge is 0.230 e. The first-order valence-electron chi connectivity index (χ1n) is 6.80. The summed E-state index contributed by atoms with van der Waals surface area (Å²) in [4.78, 5) is 12.5. The number of nitrogens with one attached hydrogen (secondary N) is 2. The van der Waals surface area contributed by atoms with Crippen molar-refractivity contribution in [1.82, 2.24) is 10.6 Å².